The second-order valence-corrected chi connectivity index (χ2v) is 4.70. The maximum atomic E-state index is 12.1. The number of nitro groups is 1. The van der Waals surface area contributed by atoms with Crippen molar-refractivity contribution in [3.8, 4) is 0 Å². The van der Waals surface area contributed by atoms with E-state index in [2.05, 4.69) is 15.6 Å². The number of rotatable bonds is 3. The molecule has 1 aromatic heterocycles. The molecule has 0 fully saturated rings. The maximum Gasteiger partial charge on any atom is 0.293 e. The van der Waals surface area contributed by atoms with Crippen LogP contribution in [0, 0.1) is 10.1 Å². The van der Waals surface area contributed by atoms with Crippen LogP contribution in [-0.2, 0) is 11.2 Å². The summed E-state index contributed by atoms with van der Waals surface area (Å²) in [5, 5.41) is 16.2. The molecule has 1 aliphatic heterocycles. The second-order valence-electron chi connectivity index (χ2n) is 4.70. The molecule has 110 valence electrons. The normalized spacial score (nSPS) is 12.5. The standard InChI is InChI=1S/C14H10N4O4/c19-13-5-9-4-12(18(21)22)11(6-10(9)16-13)17-14(20)8-2-1-3-15-7-8/h1-4,6-7H,5H2,(H,16,19)(H,17,20). The fourth-order valence-electron chi connectivity index (χ4n) is 2.20. The third-order valence-electron chi connectivity index (χ3n) is 3.22. The molecule has 0 atom stereocenters. The molecule has 8 heteroatoms. The van der Waals surface area contributed by atoms with Gasteiger partial charge in [-0.25, -0.2) is 0 Å². The predicted octanol–water partition coefficient (Wildman–Crippen LogP) is 1.74. The molecule has 0 radical (unpaired) electrons. The van der Waals surface area contributed by atoms with Crippen LogP contribution in [-0.4, -0.2) is 21.7 Å². The Kier molecular flexibility index (Phi) is 3.26. The van der Waals surface area contributed by atoms with E-state index in [9.17, 15) is 19.7 Å². The molecule has 0 bridgehead atoms. The number of carbonyl (C=O) groups excluding carboxylic acids is 2. The van der Waals surface area contributed by atoms with Crippen molar-refractivity contribution in [2.24, 2.45) is 0 Å². The van der Waals surface area contributed by atoms with E-state index in [1.807, 2.05) is 0 Å². The van der Waals surface area contributed by atoms with Gasteiger partial charge in [0.05, 0.1) is 16.9 Å². The summed E-state index contributed by atoms with van der Waals surface area (Å²) in [6.07, 6.45) is 2.97. The van der Waals surface area contributed by atoms with Crippen LogP contribution in [0.25, 0.3) is 0 Å². The summed E-state index contributed by atoms with van der Waals surface area (Å²) in [5.74, 6) is -0.750. The van der Waals surface area contributed by atoms with Crippen LogP contribution in [0.5, 0.6) is 0 Å². The Morgan fingerprint density at radius 2 is 2.23 bits per heavy atom. The number of pyridine rings is 1. The van der Waals surface area contributed by atoms with Crippen LogP contribution in [0.3, 0.4) is 0 Å². The third kappa shape index (κ3) is 2.49. The quantitative estimate of drug-likeness (QED) is 0.661. The predicted molar refractivity (Wildman–Crippen MR) is 77.6 cm³/mol. The Morgan fingerprint density at radius 1 is 1.41 bits per heavy atom. The Bertz CT molecular complexity index is 789. The van der Waals surface area contributed by atoms with E-state index in [1.54, 1.807) is 12.1 Å². The molecule has 22 heavy (non-hydrogen) atoms. The van der Waals surface area contributed by atoms with Gasteiger partial charge in [0.1, 0.15) is 5.69 Å². The number of aromatic nitrogens is 1. The summed E-state index contributed by atoms with van der Waals surface area (Å²) >= 11 is 0. The van der Waals surface area contributed by atoms with Gasteiger partial charge in [-0.3, -0.25) is 24.7 Å². The van der Waals surface area contributed by atoms with Crippen molar-refractivity contribution in [2.45, 2.75) is 6.42 Å². The molecular weight excluding hydrogens is 288 g/mol. The number of nitrogens with zero attached hydrogens (tertiary/aromatic N) is 2. The molecule has 1 aromatic carbocycles. The van der Waals surface area contributed by atoms with E-state index < -0.39 is 10.8 Å². The van der Waals surface area contributed by atoms with Gasteiger partial charge in [0.2, 0.25) is 5.91 Å². The summed E-state index contributed by atoms with van der Waals surface area (Å²) in [6, 6.07) is 5.83. The van der Waals surface area contributed by atoms with Gasteiger partial charge in [-0.2, -0.15) is 0 Å². The zero-order valence-electron chi connectivity index (χ0n) is 11.2. The minimum Gasteiger partial charge on any atom is -0.325 e. The van der Waals surface area contributed by atoms with Gasteiger partial charge >= 0.3 is 0 Å². The van der Waals surface area contributed by atoms with Crippen molar-refractivity contribution in [1.29, 1.82) is 0 Å². The van der Waals surface area contributed by atoms with E-state index >= 15 is 0 Å². The Balaban J connectivity index is 1.96. The molecule has 3 rings (SSSR count). The number of benzene rings is 1. The first kappa shape index (κ1) is 13.7. The number of carbonyl (C=O) groups is 2. The first-order valence-corrected chi connectivity index (χ1v) is 6.37. The molecule has 0 saturated heterocycles. The lowest BCUT2D eigenvalue weighted by Crippen LogP contribution is -2.13. The third-order valence-corrected chi connectivity index (χ3v) is 3.22. The van der Waals surface area contributed by atoms with Crippen molar-refractivity contribution in [3.63, 3.8) is 0 Å². The average molecular weight is 298 g/mol. The molecule has 0 saturated carbocycles. The number of fused-ring (bicyclic) bond motifs is 1. The van der Waals surface area contributed by atoms with Crippen LogP contribution in [0.15, 0.2) is 36.7 Å². The Hall–Kier alpha value is -3.29. The van der Waals surface area contributed by atoms with E-state index in [-0.39, 0.29) is 29.3 Å². The van der Waals surface area contributed by atoms with Gasteiger partial charge < -0.3 is 10.6 Å². The summed E-state index contributed by atoms with van der Waals surface area (Å²) in [7, 11) is 0. The van der Waals surface area contributed by atoms with Crippen LogP contribution in [0.4, 0.5) is 17.1 Å². The van der Waals surface area contributed by atoms with Crippen molar-refractivity contribution >= 4 is 28.9 Å². The van der Waals surface area contributed by atoms with Gasteiger partial charge in [0.25, 0.3) is 11.6 Å². The van der Waals surface area contributed by atoms with Crippen molar-refractivity contribution < 1.29 is 14.5 Å². The van der Waals surface area contributed by atoms with Gasteiger partial charge in [-0.1, -0.05) is 0 Å². The number of amides is 2. The van der Waals surface area contributed by atoms with Crippen molar-refractivity contribution in [3.05, 3.63) is 57.9 Å². The average Bonchev–Trinajstić information content (AvgIpc) is 2.86. The van der Waals surface area contributed by atoms with Gasteiger partial charge in [0.15, 0.2) is 0 Å². The first-order valence-electron chi connectivity index (χ1n) is 6.37. The minimum absolute atomic E-state index is 0.0276. The minimum atomic E-state index is -0.595. The molecular formula is C14H10N4O4. The summed E-state index contributed by atoms with van der Waals surface area (Å²) in [5.41, 5.74) is 1.06. The van der Waals surface area contributed by atoms with E-state index in [0.29, 0.717) is 11.3 Å². The number of anilines is 2. The lowest BCUT2D eigenvalue weighted by Gasteiger charge is -2.08. The first-order chi connectivity index (χ1) is 10.5. The van der Waals surface area contributed by atoms with Crippen LogP contribution >= 0.6 is 0 Å². The maximum absolute atomic E-state index is 12.1. The summed E-state index contributed by atoms with van der Waals surface area (Å²) < 4.78 is 0. The second kappa shape index (κ2) is 5.24. The SMILES string of the molecule is O=C1Cc2cc([N+](=O)[O-])c(NC(=O)c3cccnc3)cc2N1. The zero-order valence-corrected chi connectivity index (χ0v) is 11.2. The lowest BCUT2D eigenvalue weighted by molar-refractivity contribution is -0.383. The Labute approximate surface area is 124 Å². The number of nitro benzene ring substituents is 1. The molecule has 0 unspecified atom stereocenters. The van der Waals surface area contributed by atoms with Crippen LogP contribution < -0.4 is 10.6 Å². The molecule has 2 amide bonds. The van der Waals surface area contributed by atoms with Crippen molar-refractivity contribution in [2.75, 3.05) is 10.6 Å². The highest BCUT2D eigenvalue weighted by atomic mass is 16.6. The lowest BCUT2D eigenvalue weighted by atomic mass is 10.1. The van der Waals surface area contributed by atoms with Gasteiger partial charge in [0, 0.05) is 24.1 Å². The summed E-state index contributed by atoms with van der Waals surface area (Å²) in [6.45, 7) is 0. The van der Waals surface area contributed by atoms with Crippen LogP contribution in [0.1, 0.15) is 15.9 Å². The molecule has 2 aromatic rings. The van der Waals surface area contributed by atoms with Crippen molar-refractivity contribution in [1.82, 2.24) is 4.98 Å². The number of nitrogens with one attached hydrogen (secondary N) is 2. The molecule has 0 aliphatic carbocycles. The zero-order chi connectivity index (χ0) is 15.7. The molecule has 2 N–H and O–H groups in total. The largest absolute Gasteiger partial charge is 0.325 e. The van der Waals surface area contributed by atoms with Gasteiger partial charge in [-0.05, 0) is 23.8 Å². The number of hydrogen-bond donors (Lipinski definition) is 2. The number of hydrogen-bond acceptors (Lipinski definition) is 5. The highest BCUT2D eigenvalue weighted by Crippen LogP contribution is 2.34. The van der Waals surface area contributed by atoms with E-state index in [4.69, 9.17) is 0 Å². The van der Waals surface area contributed by atoms with E-state index in [1.165, 1.54) is 24.5 Å². The summed E-state index contributed by atoms with van der Waals surface area (Å²) in [4.78, 5) is 37.8. The topological polar surface area (TPSA) is 114 Å². The highest BCUT2D eigenvalue weighted by Gasteiger charge is 2.25. The van der Waals surface area contributed by atoms with E-state index in [0.717, 1.165) is 0 Å². The fourth-order valence-corrected chi connectivity index (χ4v) is 2.20. The monoisotopic (exact) mass is 298 g/mol. The highest BCUT2D eigenvalue weighted by molar-refractivity contribution is 6.07. The molecule has 8 nitrogen and oxygen atoms in total. The molecule has 0 spiro atoms. The smallest absolute Gasteiger partial charge is 0.293 e. The van der Waals surface area contributed by atoms with Gasteiger partial charge in [-0.15, -0.1) is 0 Å². The fraction of sp³-hybridized carbons (Fsp3) is 0.0714. The molecule has 2 heterocycles. The Morgan fingerprint density at radius 3 is 2.91 bits per heavy atom. The molecule has 1 aliphatic rings. The van der Waals surface area contributed by atoms with Crippen LogP contribution in [0.2, 0.25) is 0 Å².